The van der Waals surface area contributed by atoms with Gasteiger partial charge >= 0.3 is 5.97 Å². The largest absolute Gasteiger partial charge is 0.463 e. The monoisotopic (exact) mass is 332 g/mol. The van der Waals surface area contributed by atoms with Crippen LogP contribution in [0.5, 0.6) is 0 Å². The summed E-state index contributed by atoms with van der Waals surface area (Å²) in [5.41, 5.74) is 4.97. The number of aromatic nitrogens is 2. The predicted octanol–water partition coefficient (Wildman–Crippen LogP) is 4.14. The van der Waals surface area contributed by atoms with Crippen LogP contribution in [-0.2, 0) is 4.74 Å². The van der Waals surface area contributed by atoms with Gasteiger partial charge in [-0.1, -0.05) is 46.0 Å². The molecule has 0 N–H and O–H groups in total. The first kappa shape index (κ1) is 19.4. The van der Waals surface area contributed by atoms with Crippen molar-refractivity contribution in [3.05, 3.63) is 23.3 Å². The van der Waals surface area contributed by atoms with Gasteiger partial charge in [-0.15, -0.1) is 5.54 Å². The van der Waals surface area contributed by atoms with E-state index in [2.05, 4.69) is 42.2 Å². The van der Waals surface area contributed by atoms with Crippen LogP contribution < -0.4 is 0 Å². The van der Waals surface area contributed by atoms with Crippen LogP contribution in [0.3, 0.4) is 0 Å². The highest BCUT2D eigenvalue weighted by molar-refractivity contribution is 6.87. The van der Waals surface area contributed by atoms with E-state index in [-0.39, 0.29) is 5.82 Å². The Bertz CT molecular complexity index is 573. The van der Waals surface area contributed by atoms with Crippen LogP contribution in [-0.4, -0.2) is 31.1 Å². The Hall–Kier alpha value is -1.67. The third kappa shape index (κ3) is 5.79. The molecule has 0 aliphatic heterocycles. The third-order valence-electron chi connectivity index (χ3n) is 3.86. The van der Waals surface area contributed by atoms with E-state index < -0.39 is 14.0 Å². The van der Waals surface area contributed by atoms with Gasteiger partial charge in [-0.25, -0.2) is 14.8 Å². The van der Waals surface area contributed by atoms with Gasteiger partial charge < -0.3 is 4.74 Å². The highest BCUT2D eigenvalue weighted by atomic mass is 28.3. The van der Waals surface area contributed by atoms with Crippen LogP contribution >= 0.6 is 0 Å². The van der Waals surface area contributed by atoms with Gasteiger partial charge in [0.25, 0.3) is 0 Å². The van der Waals surface area contributed by atoms with E-state index in [4.69, 9.17) is 4.74 Å². The van der Waals surface area contributed by atoms with E-state index in [1.54, 1.807) is 0 Å². The molecule has 126 valence electrons. The minimum atomic E-state index is -1.59. The average molecular weight is 333 g/mol. The first-order valence-electron chi connectivity index (χ1n) is 8.47. The van der Waals surface area contributed by atoms with Crippen molar-refractivity contribution in [2.45, 2.75) is 65.1 Å². The number of carbonyl (C=O) groups is 1. The number of hydrogen-bond acceptors (Lipinski definition) is 4. The Morgan fingerprint density at radius 2 is 1.70 bits per heavy atom. The SMILES string of the molecule is CCC[Si](C#Cc1cc(C)nc(C(=O)OC)n1)(CCC)CCC. The minimum absolute atomic E-state index is 0.0885. The van der Waals surface area contributed by atoms with E-state index in [0.717, 1.165) is 5.69 Å². The van der Waals surface area contributed by atoms with Crippen molar-refractivity contribution >= 4 is 14.0 Å². The fraction of sp³-hybridized carbons (Fsp3) is 0.611. The first-order chi connectivity index (χ1) is 11.0. The summed E-state index contributed by atoms with van der Waals surface area (Å²) >= 11 is 0. The highest BCUT2D eigenvalue weighted by Crippen LogP contribution is 2.25. The molecular weight excluding hydrogens is 304 g/mol. The molecule has 1 rings (SSSR count). The maximum absolute atomic E-state index is 11.6. The molecule has 0 aromatic carbocycles. The molecule has 0 radical (unpaired) electrons. The molecule has 23 heavy (non-hydrogen) atoms. The summed E-state index contributed by atoms with van der Waals surface area (Å²) < 4.78 is 4.70. The van der Waals surface area contributed by atoms with E-state index in [1.807, 2.05) is 13.0 Å². The summed E-state index contributed by atoms with van der Waals surface area (Å²) in [7, 11) is -0.252. The predicted molar refractivity (Wildman–Crippen MR) is 96.0 cm³/mol. The zero-order chi connectivity index (χ0) is 17.3. The number of carbonyl (C=O) groups excluding carboxylic acids is 1. The van der Waals surface area contributed by atoms with Gasteiger partial charge in [0.2, 0.25) is 5.82 Å². The van der Waals surface area contributed by atoms with Crippen LogP contribution in [0.15, 0.2) is 6.07 Å². The topological polar surface area (TPSA) is 52.1 Å². The number of nitrogens with zero attached hydrogens (tertiary/aromatic N) is 2. The molecule has 0 unspecified atom stereocenters. The van der Waals surface area contributed by atoms with Gasteiger partial charge in [0.15, 0.2) is 0 Å². The lowest BCUT2D eigenvalue weighted by molar-refractivity contribution is 0.0586. The van der Waals surface area contributed by atoms with E-state index in [9.17, 15) is 4.79 Å². The molecule has 0 spiro atoms. The molecule has 0 saturated carbocycles. The van der Waals surface area contributed by atoms with Crippen molar-refractivity contribution in [2.75, 3.05) is 7.11 Å². The van der Waals surface area contributed by atoms with Crippen LogP contribution in [0.25, 0.3) is 0 Å². The average Bonchev–Trinajstić information content (AvgIpc) is 2.52. The summed E-state index contributed by atoms with van der Waals surface area (Å²) in [5.74, 6) is 2.82. The molecule has 1 aromatic rings. The second-order valence-electron chi connectivity index (χ2n) is 5.99. The summed E-state index contributed by atoms with van der Waals surface area (Å²) in [5, 5.41) is 0. The molecule has 4 nitrogen and oxygen atoms in total. The zero-order valence-corrected chi connectivity index (χ0v) is 16.0. The van der Waals surface area contributed by atoms with E-state index in [1.165, 1.54) is 44.5 Å². The zero-order valence-electron chi connectivity index (χ0n) is 15.0. The van der Waals surface area contributed by atoms with Gasteiger partial charge in [0.05, 0.1) is 7.11 Å². The molecule has 0 bridgehead atoms. The highest BCUT2D eigenvalue weighted by Gasteiger charge is 2.28. The lowest BCUT2D eigenvalue weighted by Crippen LogP contribution is -2.32. The van der Waals surface area contributed by atoms with Crippen LogP contribution in [0.4, 0.5) is 0 Å². The van der Waals surface area contributed by atoms with Crippen molar-refractivity contribution in [1.82, 2.24) is 9.97 Å². The van der Waals surface area contributed by atoms with Gasteiger partial charge in [0.1, 0.15) is 13.8 Å². The molecule has 0 amide bonds. The molecule has 0 aliphatic rings. The van der Waals surface area contributed by atoms with Crippen molar-refractivity contribution in [2.24, 2.45) is 0 Å². The van der Waals surface area contributed by atoms with Crippen molar-refractivity contribution in [3.63, 3.8) is 0 Å². The van der Waals surface area contributed by atoms with Crippen molar-refractivity contribution < 1.29 is 9.53 Å². The fourth-order valence-corrected chi connectivity index (χ4v) is 7.40. The quantitative estimate of drug-likeness (QED) is 0.428. The normalized spacial score (nSPS) is 10.8. The van der Waals surface area contributed by atoms with E-state index in [0.29, 0.717) is 5.69 Å². The van der Waals surface area contributed by atoms with E-state index >= 15 is 0 Å². The van der Waals surface area contributed by atoms with Crippen LogP contribution in [0.2, 0.25) is 18.1 Å². The Morgan fingerprint density at radius 1 is 1.13 bits per heavy atom. The molecule has 0 fully saturated rings. The lowest BCUT2D eigenvalue weighted by Gasteiger charge is -2.24. The third-order valence-corrected chi connectivity index (χ3v) is 8.89. The maximum atomic E-state index is 11.6. The molecular formula is C18H28N2O2Si. The number of esters is 1. The number of aryl methyl sites for hydroxylation is 1. The minimum Gasteiger partial charge on any atom is -0.463 e. The molecule has 5 heteroatoms. The molecule has 1 aromatic heterocycles. The van der Waals surface area contributed by atoms with Gasteiger partial charge in [-0.3, -0.25) is 0 Å². The smallest absolute Gasteiger partial charge is 0.376 e. The summed E-state index contributed by atoms with van der Waals surface area (Å²) in [6, 6.07) is 5.53. The summed E-state index contributed by atoms with van der Waals surface area (Å²) in [6.45, 7) is 8.55. The number of ether oxygens (including phenoxy) is 1. The number of rotatable bonds is 7. The lowest BCUT2D eigenvalue weighted by atomic mass is 10.3. The Labute approximate surface area is 141 Å². The summed E-state index contributed by atoms with van der Waals surface area (Å²) in [4.78, 5) is 20.0. The molecule has 0 aliphatic carbocycles. The molecule has 0 atom stereocenters. The summed E-state index contributed by atoms with van der Waals surface area (Å²) in [6.07, 6.45) is 3.53. The van der Waals surface area contributed by atoms with Gasteiger partial charge in [-0.05, 0) is 31.1 Å². The maximum Gasteiger partial charge on any atom is 0.376 e. The van der Waals surface area contributed by atoms with Gasteiger partial charge in [-0.2, -0.15) is 0 Å². The van der Waals surface area contributed by atoms with Crippen molar-refractivity contribution in [1.29, 1.82) is 0 Å². The number of hydrogen-bond donors (Lipinski definition) is 0. The second-order valence-corrected chi connectivity index (χ2v) is 10.3. The van der Waals surface area contributed by atoms with Gasteiger partial charge in [0, 0.05) is 5.69 Å². The second kappa shape index (κ2) is 9.46. The molecule has 0 saturated heterocycles. The number of methoxy groups -OCH3 is 1. The van der Waals surface area contributed by atoms with Crippen molar-refractivity contribution in [3.8, 4) is 11.5 Å². The Morgan fingerprint density at radius 3 is 2.17 bits per heavy atom. The fourth-order valence-electron chi connectivity index (χ4n) is 3.01. The first-order valence-corrected chi connectivity index (χ1v) is 11.1. The Balaban J connectivity index is 3.19. The molecule has 1 heterocycles. The van der Waals surface area contributed by atoms with Crippen LogP contribution in [0, 0.1) is 18.4 Å². The standard InChI is InChI=1S/C18H28N2O2Si/c1-6-10-23(11-7-2,12-8-3)13-9-16-14-15(4)19-17(20-16)18(21)22-5/h14H,6-8,10-12H2,1-5H3. The Kier molecular flexibility index (Phi) is 7.97. The van der Waals surface area contributed by atoms with Crippen LogP contribution in [0.1, 0.15) is 62.0 Å².